The second-order valence-corrected chi connectivity index (χ2v) is 9.02. The summed E-state index contributed by atoms with van der Waals surface area (Å²) >= 11 is 3.68. The molecule has 4 heteroatoms. The van der Waals surface area contributed by atoms with Gasteiger partial charge in [0.15, 0.2) is 0 Å². The largest absolute Gasteiger partial charge is 0.492 e. The van der Waals surface area contributed by atoms with Crippen LogP contribution in [0.25, 0.3) is 11.1 Å². The molecular formula is C27H29BrO3. The average molecular weight is 481 g/mol. The summed E-state index contributed by atoms with van der Waals surface area (Å²) in [7, 11) is 0. The Kier molecular flexibility index (Phi) is 7.55. The van der Waals surface area contributed by atoms with Crippen LogP contribution in [0.3, 0.4) is 0 Å². The van der Waals surface area contributed by atoms with Crippen LogP contribution in [0, 0.1) is 5.92 Å². The lowest BCUT2D eigenvalue weighted by atomic mass is 9.70. The summed E-state index contributed by atoms with van der Waals surface area (Å²) in [6, 6.07) is 14.5. The van der Waals surface area contributed by atoms with E-state index >= 15 is 0 Å². The molecule has 1 aliphatic carbocycles. The Morgan fingerprint density at radius 3 is 2.71 bits per heavy atom. The van der Waals surface area contributed by atoms with Crippen molar-refractivity contribution in [1.29, 1.82) is 0 Å². The minimum absolute atomic E-state index is 0.324. The SMILES string of the molecule is C=CCC1(c2ccccc2-c2ccc(OCC(C)CC)c(Br)c2)C=CC(C(=O)O)=CC1. The average Bonchev–Trinajstić information content (AvgIpc) is 2.78. The van der Waals surface area contributed by atoms with Crippen LogP contribution in [0.5, 0.6) is 5.75 Å². The smallest absolute Gasteiger partial charge is 0.335 e. The third kappa shape index (κ3) is 5.19. The van der Waals surface area contributed by atoms with Gasteiger partial charge in [-0.05, 0) is 63.5 Å². The monoisotopic (exact) mass is 480 g/mol. The Bertz CT molecular complexity index is 1020. The maximum atomic E-state index is 11.4. The predicted octanol–water partition coefficient (Wildman–Crippen LogP) is 7.33. The van der Waals surface area contributed by atoms with E-state index in [2.05, 4.69) is 60.6 Å². The Morgan fingerprint density at radius 1 is 1.32 bits per heavy atom. The van der Waals surface area contributed by atoms with Gasteiger partial charge in [0, 0.05) is 5.41 Å². The molecule has 0 radical (unpaired) electrons. The zero-order valence-corrected chi connectivity index (χ0v) is 19.7. The molecule has 2 atom stereocenters. The topological polar surface area (TPSA) is 46.5 Å². The van der Waals surface area contributed by atoms with E-state index in [1.807, 2.05) is 36.4 Å². The maximum Gasteiger partial charge on any atom is 0.335 e. The number of halogens is 1. The van der Waals surface area contributed by atoms with E-state index in [9.17, 15) is 9.90 Å². The van der Waals surface area contributed by atoms with Gasteiger partial charge in [-0.15, -0.1) is 6.58 Å². The fourth-order valence-corrected chi connectivity index (χ4v) is 4.35. The molecule has 3 nitrogen and oxygen atoms in total. The van der Waals surface area contributed by atoms with Crippen LogP contribution in [-0.4, -0.2) is 17.7 Å². The molecule has 162 valence electrons. The molecule has 0 heterocycles. The van der Waals surface area contributed by atoms with Gasteiger partial charge in [-0.25, -0.2) is 4.79 Å². The number of carboxylic acid groups (broad SMARTS) is 1. The van der Waals surface area contributed by atoms with E-state index in [0.717, 1.165) is 39.8 Å². The predicted molar refractivity (Wildman–Crippen MR) is 130 cm³/mol. The third-order valence-corrected chi connectivity index (χ3v) is 6.57. The summed E-state index contributed by atoms with van der Waals surface area (Å²) in [4.78, 5) is 11.4. The van der Waals surface area contributed by atoms with E-state index in [0.29, 0.717) is 24.5 Å². The van der Waals surface area contributed by atoms with Gasteiger partial charge in [-0.2, -0.15) is 0 Å². The van der Waals surface area contributed by atoms with Crippen molar-refractivity contribution in [3.8, 4) is 16.9 Å². The van der Waals surface area contributed by atoms with Crippen molar-refractivity contribution in [3.05, 3.63) is 89.0 Å². The molecule has 3 rings (SSSR count). The molecule has 2 aromatic carbocycles. The van der Waals surface area contributed by atoms with Crippen LogP contribution in [-0.2, 0) is 10.2 Å². The summed E-state index contributed by atoms with van der Waals surface area (Å²) < 4.78 is 6.91. The molecule has 1 aliphatic rings. The molecule has 0 fully saturated rings. The minimum atomic E-state index is -0.895. The highest BCUT2D eigenvalue weighted by atomic mass is 79.9. The van der Waals surface area contributed by atoms with E-state index in [1.165, 1.54) is 0 Å². The lowest BCUT2D eigenvalue weighted by Crippen LogP contribution is -2.26. The Morgan fingerprint density at radius 2 is 2.10 bits per heavy atom. The second kappa shape index (κ2) is 10.1. The van der Waals surface area contributed by atoms with Gasteiger partial charge in [0.25, 0.3) is 0 Å². The van der Waals surface area contributed by atoms with Crippen molar-refractivity contribution in [2.24, 2.45) is 5.92 Å². The lowest BCUT2D eigenvalue weighted by molar-refractivity contribution is -0.132. The van der Waals surface area contributed by atoms with E-state index in [4.69, 9.17) is 4.74 Å². The van der Waals surface area contributed by atoms with Crippen molar-refractivity contribution < 1.29 is 14.6 Å². The third-order valence-electron chi connectivity index (χ3n) is 5.95. The molecule has 1 N–H and O–H groups in total. The van der Waals surface area contributed by atoms with Crippen molar-refractivity contribution in [1.82, 2.24) is 0 Å². The number of carboxylic acids is 1. The number of hydrogen-bond acceptors (Lipinski definition) is 2. The lowest BCUT2D eigenvalue weighted by Gasteiger charge is -2.33. The highest BCUT2D eigenvalue weighted by Crippen LogP contribution is 2.43. The summed E-state index contributed by atoms with van der Waals surface area (Å²) in [5.41, 5.74) is 3.38. The van der Waals surface area contributed by atoms with Crippen molar-refractivity contribution >= 4 is 21.9 Å². The summed E-state index contributed by atoms with van der Waals surface area (Å²) in [6.07, 6.45) is 9.88. The molecule has 0 bridgehead atoms. The first-order valence-corrected chi connectivity index (χ1v) is 11.5. The van der Waals surface area contributed by atoms with Gasteiger partial charge in [0.1, 0.15) is 5.75 Å². The van der Waals surface area contributed by atoms with Gasteiger partial charge in [-0.1, -0.05) is 74.9 Å². The Hall–Kier alpha value is -2.59. The standard InChI is InChI=1S/C27H29BrO3/c1-4-14-27(15-12-20(13-16-27)26(29)30)23-9-7-6-8-22(23)21-10-11-25(24(28)17-21)31-18-19(3)5-2/h4,6-13,15,17,19H,1,5,14,16,18H2,2-3H3,(H,29,30). The van der Waals surface area contributed by atoms with Crippen LogP contribution in [0.4, 0.5) is 0 Å². The fourth-order valence-electron chi connectivity index (χ4n) is 3.86. The van der Waals surface area contributed by atoms with Gasteiger partial charge in [0.2, 0.25) is 0 Å². The normalized spacial score (nSPS) is 18.9. The maximum absolute atomic E-state index is 11.4. The molecule has 0 spiro atoms. The molecule has 0 amide bonds. The number of benzene rings is 2. The summed E-state index contributed by atoms with van der Waals surface area (Å²) in [5, 5.41) is 9.33. The highest BCUT2D eigenvalue weighted by molar-refractivity contribution is 9.10. The molecule has 0 saturated carbocycles. The zero-order valence-electron chi connectivity index (χ0n) is 18.1. The number of ether oxygens (including phenoxy) is 1. The first-order valence-electron chi connectivity index (χ1n) is 10.7. The Labute approximate surface area is 193 Å². The van der Waals surface area contributed by atoms with Gasteiger partial charge >= 0.3 is 5.97 Å². The van der Waals surface area contributed by atoms with E-state index in [-0.39, 0.29) is 5.41 Å². The molecule has 0 saturated heterocycles. The second-order valence-electron chi connectivity index (χ2n) is 8.17. The van der Waals surface area contributed by atoms with Crippen LogP contribution >= 0.6 is 15.9 Å². The molecule has 31 heavy (non-hydrogen) atoms. The zero-order chi connectivity index (χ0) is 22.4. The highest BCUT2D eigenvalue weighted by Gasteiger charge is 2.32. The first kappa shape index (κ1) is 23.1. The van der Waals surface area contributed by atoms with Crippen LogP contribution in [0.15, 0.2) is 83.4 Å². The fraction of sp³-hybridized carbons (Fsp3) is 0.296. The molecular weight excluding hydrogens is 452 g/mol. The van der Waals surface area contributed by atoms with Crippen LogP contribution in [0.1, 0.15) is 38.7 Å². The minimum Gasteiger partial charge on any atom is -0.492 e. The van der Waals surface area contributed by atoms with Gasteiger partial charge in [-0.3, -0.25) is 0 Å². The van der Waals surface area contributed by atoms with E-state index < -0.39 is 5.97 Å². The van der Waals surface area contributed by atoms with Crippen LogP contribution in [0.2, 0.25) is 0 Å². The number of carbonyl (C=O) groups is 1. The first-order chi connectivity index (χ1) is 14.9. The van der Waals surface area contributed by atoms with Crippen molar-refractivity contribution in [3.63, 3.8) is 0 Å². The van der Waals surface area contributed by atoms with E-state index in [1.54, 1.807) is 6.08 Å². The summed E-state index contributed by atoms with van der Waals surface area (Å²) in [5.74, 6) is 0.454. The number of allylic oxidation sites excluding steroid dienone is 3. The number of rotatable bonds is 9. The quantitative estimate of drug-likeness (QED) is 0.382. The van der Waals surface area contributed by atoms with Gasteiger partial charge in [0.05, 0.1) is 16.7 Å². The molecule has 2 unspecified atom stereocenters. The molecule has 2 aromatic rings. The van der Waals surface area contributed by atoms with Crippen molar-refractivity contribution in [2.75, 3.05) is 6.61 Å². The number of aliphatic carboxylic acids is 1. The Balaban J connectivity index is 1.98. The van der Waals surface area contributed by atoms with Crippen LogP contribution < -0.4 is 4.74 Å². The number of hydrogen-bond donors (Lipinski definition) is 1. The summed E-state index contributed by atoms with van der Waals surface area (Å²) in [6.45, 7) is 8.99. The molecule has 0 aliphatic heterocycles. The molecule has 0 aromatic heterocycles. The van der Waals surface area contributed by atoms with Crippen molar-refractivity contribution in [2.45, 2.75) is 38.5 Å². The van der Waals surface area contributed by atoms with Gasteiger partial charge < -0.3 is 9.84 Å².